The van der Waals surface area contributed by atoms with Gasteiger partial charge >= 0.3 is 6.18 Å². The van der Waals surface area contributed by atoms with E-state index in [0.717, 1.165) is 24.2 Å². The average molecular weight is 308 g/mol. The Bertz CT molecular complexity index is 373. The van der Waals surface area contributed by atoms with Gasteiger partial charge in [0.2, 0.25) is 5.91 Å². The highest BCUT2D eigenvalue weighted by Gasteiger charge is 2.43. The summed E-state index contributed by atoms with van der Waals surface area (Å²) in [7, 11) is 0. The molecule has 2 rings (SSSR count). The minimum Gasteiger partial charge on any atom is -0.396 e. The van der Waals surface area contributed by atoms with Crippen LogP contribution in [0.15, 0.2) is 0 Å². The fourth-order valence-corrected chi connectivity index (χ4v) is 3.37. The topological polar surface area (TPSA) is 43.8 Å². The number of alkyl halides is 3. The predicted octanol–water partition coefficient (Wildman–Crippen LogP) is 1.63. The fraction of sp³-hybridized carbons (Fsp3) is 0.929. The minimum absolute atomic E-state index is 0.0796. The monoisotopic (exact) mass is 308 g/mol. The highest BCUT2D eigenvalue weighted by Crippen LogP contribution is 2.36. The molecule has 2 aliphatic heterocycles. The molecule has 122 valence electrons. The first-order valence-electron chi connectivity index (χ1n) is 7.51. The minimum atomic E-state index is -4.33. The Hall–Kier alpha value is -0.820. The van der Waals surface area contributed by atoms with Crippen molar-refractivity contribution in [3.63, 3.8) is 0 Å². The molecule has 0 radical (unpaired) electrons. The quantitative estimate of drug-likeness (QED) is 0.858. The Labute approximate surface area is 122 Å². The Balaban J connectivity index is 1.92. The zero-order chi connectivity index (χ0) is 15.7. The van der Waals surface area contributed by atoms with Gasteiger partial charge < -0.3 is 10.0 Å². The van der Waals surface area contributed by atoms with Crippen LogP contribution in [0.25, 0.3) is 0 Å². The van der Waals surface area contributed by atoms with E-state index in [1.807, 2.05) is 11.8 Å². The van der Waals surface area contributed by atoms with Gasteiger partial charge in [0, 0.05) is 13.2 Å². The Morgan fingerprint density at radius 2 is 1.90 bits per heavy atom. The number of carbonyl (C=O) groups excluding carboxylic acids is 1. The molecule has 2 heterocycles. The lowest BCUT2D eigenvalue weighted by molar-refractivity contribution is -0.159. The molecule has 2 fully saturated rings. The molecule has 4 nitrogen and oxygen atoms in total. The van der Waals surface area contributed by atoms with E-state index in [2.05, 4.69) is 0 Å². The lowest BCUT2D eigenvalue weighted by Gasteiger charge is -2.42. The number of hydrogen-bond acceptors (Lipinski definition) is 3. The van der Waals surface area contributed by atoms with E-state index in [9.17, 15) is 23.1 Å². The van der Waals surface area contributed by atoms with Crippen LogP contribution in [-0.4, -0.2) is 65.8 Å². The maximum atomic E-state index is 12.4. The summed E-state index contributed by atoms with van der Waals surface area (Å²) in [6, 6.07) is -0.416. The molecule has 0 spiro atoms. The van der Waals surface area contributed by atoms with Crippen molar-refractivity contribution in [3.8, 4) is 0 Å². The van der Waals surface area contributed by atoms with Gasteiger partial charge in [-0.25, -0.2) is 0 Å². The molecule has 2 saturated heterocycles. The highest BCUT2D eigenvalue weighted by molar-refractivity contribution is 5.84. The fourth-order valence-electron chi connectivity index (χ4n) is 3.37. The predicted molar refractivity (Wildman–Crippen MR) is 71.7 cm³/mol. The third kappa shape index (κ3) is 3.69. The summed E-state index contributed by atoms with van der Waals surface area (Å²) >= 11 is 0. The molecule has 0 aromatic carbocycles. The number of aliphatic hydroxyl groups excluding tert-OH is 1. The van der Waals surface area contributed by atoms with Crippen LogP contribution in [0.5, 0.6) is 0 Å². The lowest BCUT2D eigenvalue weighted by Crippen LogP contribution is -2.49. The smallest absolute Gasteiger partial charge is 0.396 e. The Kier molecular flexibility index (Phi) is 4.82. The molecule has 2 aliphatic rings. The van der Waals surface area contributed by atoms with E-state index in [4.69, 9.17) is 0 Å². The molecular formula is C14H23F3N2O2. The molecule has 1 N–H and O–H groups in total. The van der Waals surface area contributed by atoms with Crippen molar-refractivity contribution in [1.29, 1.82) is 0 Å². The summed E-state index contributed by atoms with van der Waals surface area (Å²) in [4.78, 5) is 15.0. The van der Waals surface area contributed by atoms with Crippen LogP contribution in [-0.2, 0) is 4.79 Å². The standard InChI is InChI=1S/C14H23F3N2O2/c1-2-13(10-20)4-7-18(8-5-13)11-3-6-19(12(11)21)9-14(15,16)17/h11,20H,2-10H2,1H3. The van der Waals surface area contributed by atoms with E-state index in [-0.39, 0.29) is 18.6 Å². The molecule has 1 amide bonds. The zero-order valence-corrected chi connectivity index (χ0v) is 12.3. The summed E-state index contributed by atoms with van der Waals surface area (Å²) in [6.07, 6.45) is -1.39. The van der Waals surface area contributed by atoms with Gasteiger partial charge in [-0.2, -0.15) is 13.2 Å². The maximum absolute atomic E-state index is 12.4. The summed E-state index contributed by atoms with van der Waals surface area (Å²) in [5.74, 6) is -0.402. The van der Waals surface area contributed by atoms with Crippen LogP contribution in [0.4, 0.5) is 13.2 Å². The second-order valence-corrected chi connectivity index (χ2v) is 6.23. The van der Waals surface area contributed by atoms with Crippen LogP contribution >= 0.6 is 0 Å². The largest absolute Gasteiger partial charge is 0.406 e. The average Bonchev–Trinajstić information content (AvgIpc) is 2.78. The van der Waals surface area contributed by atoms with Crippen molar-refractivity contribution < 1.29 is 23.1 Å². The molecule has 0 saturated carbocycles. The number of halogens is 3. The third-order valence-electron chi connectivity index (χ3n) is 5.02. The summed E-state index contributed by atoms with van der Waals surface area (Å²) < 4.78 is 37.2. The SMILES string of the molecule is CCC1(CO)CCN(C2CCN(CC(F)(F)F)C2=O)CC1. The van der Waals surface area contributed by atoms with Crippen LogP contribution in [0.1, 0.15) is 32.6 Å². The molecule has 0 bridgehead atoms. The molecule has 0 aromatic heterocycles. The number of likely N-dealkylation sites (tertiary alicyclic amines) is 2. The zero-order valence-electron chi connectivity index (χ0n) is 12.3. The van der Waals surface area contributed by atoms with E-state index in [1.165, 1.54) is 0 Å². The summed E-state index contributed by atoms with van der Waals surface area (Å²) in [5.41, 5.74) is -0.0796. The Morgan fingerprint density at radius 1 is 1.29 bits per heavy atom. The van der Waals surface area contributed by atoms with E-state index in [0.29, 0.717) is 19.5 Å². The first-order chi connectivity index (χ1) is 9.80. The van der Waals surface area contributed by atoms with Crippen LogP contribution in [0.2, 0.25) is 0 Å². The van der Waals surface area contributed by atoms with Crippen molar-refractivity contribution in [3.05, 3.63) is 0 Å². The van der Waals surface area contributed by atoms with Crippen LogP contribution in [0, 0.1) is 5.41 Å². The number of hydrogen-bond donors (Lipinski definition) is 1. The molecular weight excluding hydrogens is 285 g/mol. The van der Waals surface area contributed by atoms with Crippen LogP contribution < -0.4 is 0 Å². The van der Waals surface area contributed by atoms with Crippen molar-refractivity contribution in [1.82, 2.24) is 9.80 Å². The van der Waals surface area contributed by atoms with E-state index < -0.39 is 24.7 Å². The van der Waals surface area contributed by atoms with Gasteiger partial charge in [0.1, 0.15) is 6.54 Å². The van der Waals surface area contributed by atoms with E-state index in [1.54, 1.807) is 0 Å². The number of carbonyl (C=O) groups is 1. The van der Waals surface area contributed by atoms with Crippen molar-refractivity contribution in [2.45, 2.75) is 44.8 Å². The molecule has 0 aliphatic carbocycles. The van der Waals surface area contributed by atoms with Gasteiger partial charge in [0.05, 0.1) is 6.04 Å². The molecule has 0 aromatic rings. The van der Waals surface area contributed by atoms with Crippen LogP contribution in [0.3, 0.4) is 0 Å². The first kappa shape index (κ1) is 16.5. The second-order valence-electron chi connectivity index (χ2n) is 6.23. The number of amides is 1. The van der Waals surface area contributed by atoms with Gasteiger partial charge in [-0.05, 0) is 44.2 Å². The summed E-state index contributed by atoms with van der Waals surface area (Å²) in [6.45, 7) is 2.55. The van der Waals surface area contributed by atoms with E-state index >= 15 is 0 Å². The summed E-state index contributed by atoms with van der Waals surface area (Å²) in [5, 5.41) is 9.50. The normalized spacial score (nSPS) is 27.4. The first-order valence-corrected chi connectivity index (χ1v) is 7.51. The van der Waals surface area contributed by atoms with Gasteiger partial charge in [-0.3, -0.25) is 9.69 Å². The van der Waals surface area contributed by atoms with Crippen molar-refractivity contribution in [2.75, 3.05) is 32.8 Å². The maximum Gasteiger partial charge on any atom is 0.406 e. The molecule has 1 atom stereocenters. The number of piperidine rings is 1. The Morgan fingerprint density at radius 3 is 2.38 bits per heavy atom. The van der Waals surface area contributed by atoms with Crippen molar-refractivity contribution >= 4 is 5.91 Å². The third-order valence-corrected chi connectivity index (χ3v) is 5.02. The number of nitrogens with zero attached hydrogens (tertiary/aromatic N) is 2. The highest BCUT2D eigenvalue weighted by atomic mass is 19.4. The van der Waals surface area contributed by atoms with Crippen molar-refractivity contribution in [2.24, 2.45) is 5.41 Å². The number of aliphatic hydroxyl groups is 1. The molecule has 1 unspecified atom stereocenters. The lowest BCUT2D eigenvalue weighted by atomic mass is 9.76. The second kappa shape index (κ2) is 6.12. The van der Waals surface area contributed by atoms with Gasteiger partial charge in [-0.15, -0.1) is 0 Å². The molecule has 21 heavy (non-hydrogen) atoms. The molecule has 7 heteroatoms. The number of rotatable bonds is 4. The van der Waals surface area contributed by atoms with Gasteiger partial charge in [0.15, 0.2) is 0 Å². The van der Waals surface area contributed by atoms with Gasteiger partial charge in [0.25, 0.3) is 0 Å². The van der Waals surface area contributed by atoms with Gasteiger partial charge in [-0.1, -0.05) is 6.92 Å².